The molecular formula is C10H11NO. The predicted molar refractivity (Wildman–Crippen MR) is 47.2 cm³/mol. The Labute approximate surface area is 71.4 Å². The zero-order valence-electron chi connectivity index (χ0n) is 6.73. The SMILES string of the molecule is NC1CC1c1cccc(C=O)c1. The van der Waals surface area contributed by atoms with Crippen molar-refractivity contribution in [2.75, 3.05) is 0 Å². The lowest BCUT2D eigenvalue weighted by Gasteiger charge is -1.98. The molecule has 0 heterocycles. The molecule has 0 saturated heterocycles. The van der Waals surface area contributed by atoms with Gasteiger partial charge in [-0.3, -0.25) is 4.79 Å². The van der Waals surface area contributed by atoms with Crippen LogP contribution in [0, 0.1) is 0 Å². The standard InChI is InChI=1S/C10H11NO/c11-10-5-9(10)8-3-1-2-7(4-8)6-12/h1-4,6,9-10H,5,11H2. The predicted octanol–water partition coefficient (Wildman–Crippen LogP) is 1.31. The molecule has 2 nitrogen and oxygen atoms in total. The van der Waals surface area contributed by atoms with Crippen molar-refractivity contribution in [2.24, 2.45) is 5.73 Å². The highest BCUT2D eigenvalue weighted by Crippen LogP contribution is 2.38. The molecule has 0 aromatic heterocycles. The van der Waals surface area contributed by atoms with Gasteiger partial charge in [-0.15, -0.1) is 0 Å². The molecule has 2 N–H and O–H groups in total. The molecule has 0 aliphatic heterocycles. The van der Waals surface area contributed by atoms with Crippen LogP contribution in [0.5, 0.6) is 0 Å². The molecule has 12 heavy (non-hydrogen) atoms. The summed E-state index contributed by atoms with van der Waals surface area (Å²) < 4.78 is 0. The summed E-state index contributed by atoms with van der Waals surface area (Å²) in [6.45, 7) is 0. The van der Waals surface area contributed by atoms with E-state index in [1.165, 1.54) is 5.56 Å². The summed E-state index contributed by atoms with van der Waals surface area (Å²) in [6, 6.07) is 7.98. The van der Waals surface area contributed by atoms with E-state index in [9.17, 15) is 4.79 Å². The third-order valence-corrected chi connectivity index (χ3v) is 2.31. The van der Waals surface area contributed by atoms with E-state index in [0.717, 1.165) is 18.3 Å². The minimum absolute atomic E-state index is 0.312. The maximum Gasteiger partial charge on any atom is 0.150 e. The van der Waals surface area contributed by atoms with Gasteiger partial charge in [0, 0.05) is 17.5 Å². The van der Waals surface area contributed by atoms with Crippen LogP contribution in [0.1, 0.15) is 28.3 Å². The van der Waals surface area contributed by atoms with E-state index < -0.39 is 0 Å². The first-order valence-corrected chi connectivity index (χ1v) is 4.12. The topological polar surface area (TPSA) is 43.1 Å². The summed E-state index contributed by atoms with van der Waals surface area (Å²) in [6.07, 6.45) is 1.93. The van der Waals surface area contributed by atoms with Crippen molar-refractivity contribution in [3.8, 4) is 0 Å². The van der Waals surface area contributed by atoms with Gasteiger partial charge in [-0.25, -0.2) is 0 Å². The first-order valence-electron chi connectivity index (χ1n) is 4.12. The minimum Gasteiger partial charge on any atom is -0.327 e. The third kappa shape index (κ3) is 1.25. The van der Waals surface area contributed by atoms with Gasteiger partial charge >= 0.3 is 0 Å². The van der Waals surface area contributed by atoms with E-state index in [-0.39, 0.29) is 0 Å². The Hall–Kier alpha value is -1.15. The molecule has 0 radical (unpaired) electrons. The summed E-state index contributed by atoms with van der Waals surface area (Å²) >= 11 is 0. The number of carbonyl (C=O) groups is 1. The second-order valence-corrected chi connectivity index (χ2v) is 3.29. The Morgan fingerprint density at radius 3 is 2.83 bits per heavy atom. The first kappa shape index (κ1) is 7.50. The van der Waals surface area contributed by atoms with E-state index in [0.29, 0.717) is 12.0 Å². The van der Waals surface area contributed by atoms with Gasteiger partial charge in [-0.2, -0.15) is 0 Å². The second-order valence-electron chi connectivity index (χ2n) is 3.29. The smallest absolute Gasteiger partial charge is 0.150 e. The van der Waals surface area contributed by atoms with Crippen LogP contribution in [0.25, 0.3) is 0 Å². The molecule has 0 amide bonds. The number of hydrogen-bond donors (Lipinski definition) is 1. The number of nitrogens with two attached hydrogens (primary N) is 1. The van der Waals surface area contributed by atoms with Crippen LogP contribution in [0.2, 0.25) is 0 Å². The van der Waals surface area contributed by atoms with Crippen molar-refractivity contribution in [1.29, 1.82) is 0 Å². The van der Waals surface area contributed by atoms with Crippen LogP contribution in [-0.4, -0.2) is 12.3 Å². The number of benzene rings is 1. The van der Waals surface area contributed by atoms with Gasteiger partial charge in [0.25, 0.3) is 0 Å². The van der Waals surface area contributed by atoms with Gasteiger partial charge in [0.05, 0.1) is 0 Å². The molecule has 2 heteroatoms. The molecule has 1 aromatic rings. The number of rotatable bonds is 2. The molecule has 1 saturated carbocycles. The largest absolute Gasteiger partial charge is 0.327 e. The molecule has 62 valence electrons. The highest BCUT2D eigenvalue weighted by atomic mass is 16.1. The fourth-order valence-corrected chi connectivity index (χ4v) is 1.46. The van der Waals surface area contributed by atoms with Gasteiger partial charge in [-0.1, -0.05) is 18.2 Å². The van der Waals surface area contributed by atoms with Crippen molar-refractivity contribution < 1.29 is 4.79 Å². The average Bonchev–Trinajstić information content (AvgIpc) is 2.83. The van der Waals surface area contributed by atoms with Gasteiger partial charge in [0.15, 0.2) is 0 Å². The normalized spacial score (nSPS) is 26.8. The maximum absolute atomic E-state index is 10.5. The summed E-state index contributed by atoms with van der Waals surface area (Å²) in [7, 11) is 0. The van der Waals surface area contributed by atoms with Crippen molar-refractivity contribution in [3.05, 3.63) is 35.4 Å². The van der Waals surface area contributed by atoms with E-state index >= 15 is 0 Å². The van der Waals surface area contributed by atoms with Crippen molar-refractivity contribution in [2.45, 2.75) is 18.4 Å². The van der Waals surface area contributed by atoms with Crippen molar-refractivity contribution >= 4 is 6.29 Å². The lowest BCUT2D eigenvalue weighted by Crippen LogP contribution is -2.01. The Balaban J connectivity index is 2.27. The molecule has 1 aromatic carbocycles. The summed E-state index contributed by atoms with van der Waals surface area (Å²) in [4.78, 5) is 10.5. The van der Waals surface area contributed by atoms with Gasteiger partial charge in [0.2, 0.25) is 0 Å². The monoisotopic (exact) mass is 161 g/mol. The third-order valence-electron chi connectivity index (χ3n) is 2.31. The molecular weight excluding hydrogens is 150 g/mol. The van der Waals surface area contributed by atoms with Crippen molar-refractivity contribution in [3.63, 3.8) is 0 Å². The quantitative estimate of drug-likeness (QED) is 0.664. The van der Waals surface area contributed by atoms with Crippen LogP contribution in [-0.2, 0) is 0 Å². The zero-order valence-corrected chi connectivity index (χ0v) is 6.73. The molecule has 2 atom stereocenters. The summed E-state index contributed by atoms with van der Waals surface area (Å²) in [5.74, 6) is 0.491. The van der Waals surface area contributed by atoms with E-state index in [4.69, 9.17) is 5.73 Å². The van der Waals surface area contributed by atoms with Gasteiger partial charge in [-0.05, 0) is 18.1 Å². The second kappa shape index (κ2) is 2.72. The van der Waals surface area contributed by atoms with E-state index in [1.54, 1.807) is 0 Å². The fourth-order valence-electron chi connectivity index (χ4n) is 1.46. The number of aldehydes is 1. The van der Waals surface area contributed by atoms with Crippen LogP contribution >= 0.6 is 0 Å². The lowest BCUT2D eigenvalue weighted by molar-refractivity contribution is 0.112. The van der Waals surface area contributed by atoms with Crippen LogP contribution in [0.15, 0.2) is 24.3 Å². The number of hydrogen-bond acceptors (Lipinski definition) is 2. The van der Waals surface area contributed by atoms with Crippen LogP contribution in [0.3, 0.4) is 0 Å². The molecule has 0 spiro atoms. The lowest BCUT2D eigenvalue weighted by atomic mass is 10.1. The summed E-state index contributed by atoms with van der Waals surface area (Å²) in [5, 5.41) is 0. The molecule has 0 bridgehead atoms. The van der Waals surface area contributed by atoms with Crippen molar-refractivity contribution in [1.82, 2.24) is 0 Å². The number of carbonyl (C=O) groups excluding carboxylic acids is 1. The molecule has 1 fully saturated rings. The molecule has 1 aliphatic carbocycles. The Kier molecular flexibility index (Phi) is 1.70. The zero-order chi connectivity index (χ0) is 8.55. The highest BCUT2D eigenvalue weighted by Gasteiger charge is 2.34. The van der Waals surface area contributed by atoms with Gasteiger partial charge in [0.1, 0.15) is 6.29 Å². The molecule has 2 unspecified atom stereocenters. The Bertz CT molecular complexity index is 308. The first-order chi connectivity index (χ1) is 5.81. The molecule has 1 aliphatic rings. The fraction of sp³-hybridized carbons (Fsp3) is 0.300. The highest BCUT2D eigenvalue weighted by molar-refractivity contribution is 5.75. The van der Waals surface area contributed by atoms with Gasteiger partial charge < -0.3 is 5.73 Å². The molecule has 2 rings (SSSR count). The minimum atomic E-state index is 0.312. The van der Waals surface area contributed by atoms with Crippen LogP contribution in [0.4, 0.5) is 0 Å². The van der Waals surface area contributed by atoms with E-state index in [2.05, 4.69) is 0 Å². The summed E-state index contributed by atoms with van der Waals surface area (Å²) in [5.41, 5.74) is 7.64. The van der Waals surface area contributed by atoms with E-state index in [1.807, 2.05) is 24.3 Å². The average molecular weight is 161 g/mol. The Morgan fingerprint density at radius 2 is 2.25 bits per heavy atom. The van der Waals surface area contributed by atoms with Crippen LogP contribution < -0.4 is 5.73 Å². The Morgan fingerprint density at radius 1 is 1.50 bits per heavy atom. The maximum atomic E-state index is 10.5.